The van der Waals surface area contributed by atoms with E-state index >= 15 is 0 Å². The van der Waals surface area contributed by atoms with Crippen molar-refractivity contribution in [2.75, 3.05) is 19.6 Å². The Morgan fingerprint density at radius 1 is 1.00 bits per heavy atom. The Kier molecular flexibility index (Phi) is 6.12. The molecule has 58 valence electrons. The molecule has 0 heterocycles. The van der Waals surface area contributed by atoms with Crippen molar-refractivity contribution in [2.45, 2.75) is 20.8 Å². The lowest BCUT2D eigenvalue weighted by molar-refractivity contribution is -0.875. The van der Waals surface area contributed by atoms with Crippen molar-refractivity contribution in [3.63, 3.8) is 0 Å². The van der Waals surface area contributed by atoms with Gasteiger partial charge in [0, 0.05) is 0 Å². The van der Waals surface area contributed by atoms with Gasteiger partial charge in [0.05, 0.1) is 19.6 Å². The average Bonchev–Trinajstić information content (AvgIpc) is 1.87. The molecule has 0 aromatic heterocycles. The number of hydrogen-bond donors (Lipinski definition) is 0. The van der Waals surface area contributed by atoms with Gasteiger partial charge in [-0.1, -0.05) is 0 Å². The SMILES string of the molecule is CC[N+]([O-])(CC)CC.O. The predicted octanol–water partition coefficient (Wildman–Crippen LogP) is 0.536. The van der Waals surface area contributed by atoms with Gasteiger partial charge in [0.25, 0.3) is 0 Å². The molecule has 0 bridgehead atoms. The fraction of sp³-hybridized carbons (Fsp3) is 1.00. The minimum atomic E-state index is -0.0417. The summed E-state index contributed by atoms with van der Waals surface area (Å²) in [4.78, 5) is 0. The Morgan fingerprint density at radius 3 is 1.22 bits per heavy atom. The maximum atomic E-state index is 11.1. The highest BCUT2D eigenvalue weighted by Gasteiger charge is 2.04. The average molecular weight is 135 g/mol. The molecule has 0 aromatic carbocycles. The highest BCUT2D eigenvalue weighted by molar-refractivity contribution is 4.31. The van der Waals surface area contributed by atoms with E-state index in [2.05, 4.69) is 0 Å². The topological polar surface area (TPSA) is 54.6 Å². The molecule has 0 aliphatic rings. The van der Waals surface area contributed by atoms with Crippen molar-refractivity contribution in [3.8, 4) is 0 Å². The van der Waals surface area contributed by atoms with Gasteiger partial charge >= 0.3 is 0 Å². The van der Waals surface area contributed by atoms with Gasteiger partial charge in [-0.25, -0.2) is 0 Å². The second kappa shape index (κ2) is 4.73. The quantitative estimate of drug-likeness (QED) is 0.411. The van der Waals surface area contributed by atoms with Crippen molar-refractivity contribution in [3.05, 3.63) is 5.21 Å². The number of rotatable bonds is 3. The van der Waals surface area contributed by atoms with Crippen LogP contribution in [0.5, 0.6) is 0 Å². The summed E-state index contributed by atoms with van der Waals surface area (Å²) in [6, 6.07) is 0. The molecule has 0 aliphatic heterocycles. The Hall–Kier alpha value is -0.120. The zero-order valence-electron chi connectivity index (χ0n) is 6.48. The standard InChI is InChI=1S/C6H15NO.H2O/c1-4-7(8,5-2)6-3;/h4-6H2,1-3H3;1H2. The summed E-state index contributed by atoms with van der Waals surface area (Å²) in [5.74, 6) is 0. The van der Waals surface area contributed by atoms with Crippen LogP contribution in [0.15, 0.2) is 0 Å². The van der Waals surface area contributed by atoms with Crippen LogP contribution in [0.1, 0.15) is 20.8 Å². The van der Waals surface area contributed by atoms with Crippen LogP contribution in [0.25, 0.3) is 0 Å². The monoisotopic (exact) mass is 135 g/mol. The van der Waals surface area contributed by atoms with E-state index in [0.29, 0.717) is 19.6 Å². The minimum Gasteiger partial charge on any atom is -0.633 e. The summed E-state index contributed by atoms with van der Waals surface area (Å²) < 4.78 is -0.0417. The first-order chi connectivity index (χ1) is 3.68. The first-order valence-corrected chi connectivity index (χ1v) is 3.25. The molecule has 0 unspecified atom stereocenters. The van der Waals surface area contributed by atoms with E-state index in [9.17, 15) is 5.21 Å². The number of nitrogens with zero attached hydrogens (tertiary/aromatic N) is 1. The van der Waals surface area contributed by atoms with Gasteiger partial charge in [0.2, 0.25) is 0 Å². The van der Waals surface area contributed by atoms with E-state index < -0.39 is 0 Å². The molecule has 0 amide bonds. The van der Waals surface area contributed by atoms with Crippen molar-refractivity contribution in [1.82, 2.24) is 0 Å². The molecular weight excluding hydrogens is 118 g/mol. The molecule has 0 saturated heterocycles. The van der Waals surface area contributed by atoms with Gasteiger partial charge in [-0.15, -0.1) is 0 Å². The lowest BCUT2D eigenvalue weighted by Gasteiger charge is -2.39. The summed E-state index contributed by atoms with van der Waals surface area (Å²) in [5, 5.41) is 11.1. The van der Waals surface area contributed by atoms with Crippen LogP contribution in [-0.2, 0) is 0 Å². The normalized spacial score (nSPS) is 10.7. The Balaban J connectivity index is 0. The summed E-state index contributed by atoms with van der Waals surface area (Å²) in [6.45, 7) is 7.90. The molecule has 3 heteroatoms. The second-order valence-electron chi connectivity index (χ2n) is 2.01. The van der Waals surface area contributed by atoms with Gasteiger partial charge in [-0.3, -0.25) is 0 Å². The van der Waals surface area contributed by atoms with E-state index in [1.807, 2.05) is 20.8 Å². The van der Waals surface area contributed by atoms with Crippen LogP contribution in [-0.4, -0.2) is 29.8 Å². The van der Waals surface area contributed by atoms with Crippen LogP contribution < -0.4 is 0 Å². The third kappa shape index (κ3) is 3.46. The third-order valence-electron chi connectivity index (χ3n) is 1.73. The lowest BCUT2D eigenvalue weighted by atomic mass is 10.5. The van der Waals surface area contributed by atoms with Crippen LogP contribution in [0.3, 0.4) is 0 Å². The van der Waals surface area contributed by atoms with Crippen LogP contribution in [0, 0.1) is 5.21 Å². The largest absolute Gasteiger partial charge is 0.633 e. The van der Waals surface area contributed by atoms with Crippen LogP contribution in [0.2, 0.25) is 0 Å². The molecule has 0 aliphatic carbocycles. The summed E-state index contributed by atoms with van der Waals surface area (Å²) in [5.41, 5.74) is 0. The van der Waals surface area contributed by atoms with E-state index in [1.165, 1.54) is 0 Å². The zero-order valence-corrected chi connectivity index (χ0v) is 6.48. The van der Waals surface area contributed by atoms with Crippen molar-refractivity contribution in [2.24, 2.45) is 0 Å². The maximum absolute atomic E-state index is 11.1. The van der Waals surface area contributed by atoms with E-state index in [4.69, 9.17) is 0 Å². The second-order valence-corrected chi connectivity index (χ2v) is 2.01. The number of quaternary nitrogens is 1. The molecule has 0 fully saturated rings. The molecule has 2 N–H and O–H groups in total. The Labute approximate surface area is 56.8 Å². The molecular formula is C6H17NO2. The highest BCUT2D eigenvalue weighted by Crippen LogP contribution is 1.99. The molecule has 0 rings (SSSR count). The van der Waals surface area contributed by atoms with E-state index in [-0.39, 0.29) is 10.1 Å². The van der Waals surface area contributed by atoms with Gasteiger partial charge < -0.3 is 15.3 Å². The Bertz CT molecular complexity index is 53.8. The summed E-state index contributed by atoms with van der Waals surface area (Å²) in [6.07, 6.45) is 0. The van der Waals surface area contributed by atoms with Crippen molar-refractivity contribution < 1.29 is 10.1 Å². The van der Waals surface area contributed by atoms with Gasteiger partial charge in [0.15, 0.2) is 0 Å². The van der Waals surface area contributed by atoms with E-state index in [1.54, 1.807) is 0 Å². The molecule has 3 nitrogen and oxygen atoms in total. The van der Waals surface area contributed by atoms with Crippen molar-refractivity contribution >= 4 is 0 Å². The van der Waals surface area contributed by atoms with Gasteiger partial charge in [-0.05, 0) is 20.8 Å². The molecule has 0 atom stereocenters. The zero-order chi connectivity index (χ0) is 6.62. The Morgan fingerprint density at radius 2 is 1.22 bits per heavy atom. The van der Waals surface area contributed by atoms with Crippen LogP contribution in [0.4, 0.5) is 0 Å². The fourth-order valence-corrected chi connectivity index (χ4v) is 0.671. The summed E-state index contributed by atoms with van der Waals surface area (Å²) >= 11 is 0. The molecule has 0 aromatic rings. The predicted molar refractivity (Wildman–Crippen MR) is 38.9 cm³/mol. The number of hydroxylamine groups is 3. The highest BCUT2D eigenvalue weighted by atomic mass is 16.5. The van der Waals surface area contributed by atoms with Crippen LogP contribution >= 0.6 is 0 Å². The molecule has 9 heavy (non-hydrogen) atoms. The minimum absolute atomic E-state index is 0. The smallest absolute Gasteiger partial charge is 0.0755 e. The van der Waals surface area contributed by atoms with Crippen molar-refractivity contribution in [1.29, 1.82) is 0 Å². The van der Waals surface area contributed by atoms with E-state index in [0.717, 1.165) is 0 Å². The first kappa shape index (κ1) is 11.6. The molecule has 0 radical (unpaired) electrons. The maximum Gasteiger partial charge on any atom is 0.0755 e. The number of hydrogen-bond acceptors (Lipinski definition) is 1. The fourth-order valence-electron chi connectivity index (χ4n) is 0.671. The third-order valence-corrected chi connectivity index (χ3v) is 1.73. The van der Waals surface area contributed by atoms with Gasteiger partial charge in [-0.2, -0.15) is 0 Å². The first-order valence-electron chi connectivity index (χ1n) is 3.25. The summed E-state index contributed by atoms with van der Waals surface area (Å²) in [7, 11) is 0. The van der Waals surface area contributed by atoms with Gasteiger partial charge in [0.1, 0.15) is 0 Å². The lowest BCUT2D eigenvalue weighted by Crippen LogP contribution is -2.41. The molecule has 0 saturated carbocycles. The molecule has 0 spiro atoms.